The Morgan fingerprint density at radius 1 is 0.510 bits per heavy atom. The third-order valence-corrected chi connectivity index (χ3v) is 27.7. The normalized spacial score (nSPS) is 50.5. The monoisotopic (exact) mass is 1360 g/mol. The molecule has 0 aromatic carbocycles. The first-order valence-electron chi connectivity index (χ1n) is 33.6. The summed E-state index contributed by atoms with van der Waals surface area (Å²) < 4.78 is 52.5. The molecule has 0 radical (unpaired) electrons. The van der Waals surface area contributed by atoms with Crippen LogP contribution in [0.3, 0.4) is 0 Å². The van der Waals surface area contributed by atoms with Crippen molar-refractivity contribution in [3.05, 3.63) is 58.5 Å². The minimum absolute atomic E-state index is 0.0452. The van der Waals surface area contributed by atoms with Crippen molar-refractivity contribution < 1.29 is 103 Å². The van der Waals surface area contributed by atoms with Crippen LogP contribution in [0.2, 0.25) is 0 Å². The first-order valence-corrected chi connectivity index (χ1v) is 33.6. The average Bonchev–Trinajstić information content (AvgIpc) is 0.877. The molecule has 21 atom stereocenters. The number of unbranched alkanes of at least 4 members (excludes halogenated alkanes) is 2. The molecule has 0 saturated carbocycles. The number of rotatable bonds is 23. The molecule has 16 N–H and O–H groups in total. The molecule has 4 saturated heterocycles. The van der Waals surface area contributed by atoms with E-state index >= 15 is 0 Å². The molecule has 548 valence electrons. The van der Waals surface area contributed by atoms with E-state index in [9.17, 15) is 65.4 Å². The van der Waals surface area contributed by atoms with E-state index in [0.717, 1.165) is 12.8 Å². The highest BCUT2D eigenvalue weighted by molar-refractivity contribution is 6.25. The van der Waals surface area contributed by atoms with Gasteiger partial charge < -0.3 is 111 Å². The minimum Gasteiger partial charge on any atom is -0.442 e. The molecule has 25 nitrogen and oxygen atoms in total. The maximum absolute atomic E-state index is 14.9. The second kappa shape index (κ2) is 24.1. The van der Waals surface area contributed by atoms with E-state index in [1.807, 2.05) is 6.92 Å². The molecular weight excluding hydrogens is 1240 g/mol. The number of aliphatic hydroxyl groups is 10. The number of fused-ring (bicyclic) bond motifs is 2. The van der Waals surface area contributed by atoms with Gasteiger partial charge in [-0.3, -0.25) is 9.59 Å². The van der Waals surface area contributed by atoms with Gasteiger partial charge in [0.1, 0.15) is 55.9 Å². The molecule has 0 aromatic rings. The number of ether oxygens (including phenoxy) is 8. The first-order chi connectivity index (χ1) is 43.2. The van der Waals surface area contributed by atoms with Crippen LogP contribution >= 0.6 is 0 Å². The number of Topliss-reactive ketones (excluding diaryl/α,β-unsaturated/α-hetero) is 2. The van der Waals surface area contributed by atoms with Crippen molar-refractivity contribution in [3.8, 4) is 0 Å². The smallest absolute Gasteiger partial charge is 0.343 e. The Morgan fingerprint density at radius 2 is 0.896 bits per heavy atom. The molecule has 7 aliphatic rings. The first kappa shape index (κ1) is 79.8. The lowest BCUT2D eigenvalue weighted by molar-refractivity contribution is -0.424. The second-order valence-electron chi connectivity index (χ2n) is 33.2. The zero-order valence-electron chi connectivity index (χ0n) is 61.4. The number of carbonyl (C=O) groups is 3. The van der Waals surface area contributed by atoms with Crippen LogP contribution in [-0.2, 0) is 52.3 Å². The zero-order chi connectivity index (χ0) is 73.8. The van der Waals surface area contributed by atoms with Gasteiger partial charge in [-0.2, -0.15) is 0 Å². The van der Waals surface area contributed by atoms with Gasteiger partial charge in [0.2, 0.25) is 5.78 Å². The molecule has 0 aromatic heterocycles. The Morgan fingerprint density at radius 3 is 1.29 bits per heavy atom. The van der Waals surface area contributed by atoms with E-state index in [0.29, 0.717) is 17.7 Å². The van der Waals surface area contributed by atoms with E-state index in [2.05, 4.69) is 0 Å². The largest absolute Gasteiger partial charge is 0.442 e. The van der Waals surface area contributed by atoms with Gasteiger partial charge in [-0.25, -0.2) is 4.79 Å². The van der Waals surface area contributed by atoms with Gasteiger partial charge in [-0.05, 0) is 162 Å². The Balaban J connectivity index is 1.15. The van der Waals surface area contributed by atoms with Gasteiger partial charge in [-0.1, -0.05) is 46.6 Å². The number of hydrogen-bond donors (Lipinski definition) is 13. The Hall–Kier alpha value is -3.49. The second-order valence-corrected chi connectivity index (χ2v) is 33.2. The summed E-state index contributed by atoms with van der Waals surface area (Å²) in [5.74, 6) is -4.34. The lowest BCUT2D eigenvalue weighted by Gasteiger charge is -2.70. The van der Waals surface area contributed by atoms with Crippen LogP contribution in [0.25, 0.3) is 0 Å². The number of allylic oxidation sites excluding steroid dienone is 4. The molecule has 0 amide bonds. The fraction of sp³-hybridized carbons (Fsp3) is 0.817. The van der Waals surface area contributed by atoms with Gasteiger partial charge in [0, 0.05) is 29.5 Å². The van der Waals surface area contributed by atoms with Crippen molar-refractivity contribution in [1.29, 1.82) is 0 Å². The minimum atomic E-state index is -2.37. The number of ketones is 2. The van der Waals surface area contributed by atoms with Crippen molar-refractivity contribution in [2.75, 3.05) is 66.1 Å². The Kier molecular flexibility index (Phi) is 20.0. The van der Waals surface area contributed by atoms with Crippen LogP contribution in [0.4, 0.5) is 0 Å². The number of carbonyl (C=O) groups excluding carboxylic acids is 3. The molecule has 25 heteroatoms. The fourth-order valence-electron chi connectivity index (χ4n) is 17.0. The summed E-state index contributed by atoms with van der Waals surface area (Å²) in [7, 11) is 0. The Bertz CT molecular complexity index is 3240. The summed E-state index contributed by atoms with van der Waals surface area (Å²) in [4.78, 5) is 43.5. The van der Waals surface area contributed by atoms with Crippen LogP contribution in [0.15, 0.2) is 58.5 Å². The van der Waals surface area contributed by atoms with Gasteiger partial charge in [-0.15, -0.1) is 0 Å². The Labute approximate surface area is 567 Å². The third-order valence-electron chi connectivity index (χ3n) is 27.7. The molecule has 0 spiro atoms. The van der Waals surface area contributed by atoms with E-state index < -0.39 is 174 Å². The van der Waals surface area contributed by atoms with Crippen LogP contribution in [0, 0.1) is 16.2 Å². The standard InChI is InChI=1S/C71H118N4O21/c1-24-26-27-29-47(80)48-46-31-43-30-44(28-25-2)75(32-45(43)49(81)61(46,13)92-50(48)82)65(17)68(20,85)53(5,56(8,35-78)96-71(65,23)88)39-91-41-59(11)63(15,73)66(18,83)51(3,54(6,33-76)94-59)37-89-40-58(10)62(14,72)67(19,84)52(4,55(7,34-77)93-58)38-90-42-60(12)64(16,74)70(22,87)69(21,86)57(9,36-79)95-60/h25,28,30-32,76-79,83-88H,24,26-27,29,33-42,72-74H2,1-23H3/b28-25+/t51-,52-,53-,54?,55?,56?,57?,58+,59+,60+,61?,62?,63?,64?,65?,66-,67-,68-,69-,70+,71-/m1/s1. The van der Waals surface area contributed by atoms with Gasteiger partial charge >= 0.3 is 5.97 Å². The number of esters is 1. The third kappa shape index (κ3) is 10.1. The maximum atomic E-state index is 14.9. The summed E-state index contributed by atoms with van der Waals surface area (Å²) in [6, 6.07) is 0. The summed E-state index contributed by atoms with van der Waals surface area (Å²) in [6.45, 7) is 30.5. The van der Waals surface area contributed by atoms with Crippen molar-refractivity contribution in [3.63, 3.8) is 0 Å². The number of hydrogen-bond acceptors (Lipinski definition) is 25. The highest BCUT2D eigenvalue weighted by Gasteiger charge is 2.79. The van der Waals surface area contributed by atoms with Crippen molar-refractivity contribution in [1.82, 2.24) is 4.90 Å². The molecule has 1 aliphatic carbocycles. The number of nitrogens with zero attached hydrogens (tertiary/aromatic N) is 1. The van der Waals surface area contributed by atoms with Gasteiger partial charge in [0.15, 0.2) is 17.2 Å². The van der Waals surface area contributed by atoms with Crippen molar-refractivity contribution >= 4 is 17.5 Å². The summed E-state index contributed by atoms with van der Waals surface area (Å²) in [5, 5.41) is 121. The molecule has 96 heavy (non-hydrogen) atoms. The summed E-state index contributed by atoms with van der Waals surface area (Å²) in [6.07, 6.45) is 10.4. The van der Waals surface area contributed by atoms with Gasteiger partial charge in [0.05, 0.1) is 121 Å². The van der Waals surface area contributed by atoms with E-state index in [1.54, 1.807) is 107 Å². The molecule has 4 fully saturated rings. The molecular formula is C71H118N4O21. The average molecular weight is 1360 g/mol. The lowest BCUT2D eigenvalue weighted by Crippen LogP contribution is -2.88. The molecule has 6 heterocycles. The zero-order valence-corrected chi connectivity index (χ0v) is 61.4. The maximum Gasteiger partial charge on any atom is 0.343 e. The fourth-order valence-corrected chi connectivity index (χ4v) is 17.0. The SMILES string of the molecule is C/C=C/C1=CC2=CC3=C(C(=O)CCCCC)C(=O)OC3(C)C(=O)C2=CN1C1(C)[C@](C)(O)[C@](C)(COC[C@]2(C)OC(C)(CO)[C@@](C)(COC[C@]3(C)OC(C)(CO)[C@@](C)(COC[C@]4(C)OC(C)(CO)[C@@](C)(O)[C@@](C)(O)C4(C)N)[C@@](C)(O)C3(C)N)[C@@](C)(O)C2(C)N)C(C)(CO)O[C@@]1(C)O. The van der Waals surface area contributed by atoms with E-state index in [1.165, 1.54) is 80.3 Å². The summed E-state index contributed by atoms with van der Waals surface area (Å²) in [5.41, 5.74) is -14.0. The predicted molar refractivity (Wildman–Crippen MR) is 355 cm³/mol. The predicted octanol–water partition coefficient (Wildman–Crippen LogP) is 2.76. The molecule has 9 unspecified atom stereocenters. The molecule has 7 rings (SSSR count). The molecule has 6 aliphatic heterocycles. The van der Waals surface area contributed by atoms with Crippen LogP contribution < -0.4 is 17.2 Å². The van der Waals surface area contributed by atoms with Crippen LogP contribution in [-0.4, -0.2) is 240 Å². The van der Waals surface area contributed by atoms with Crippen molar-refractivity contribution in [2.45, 2.75) is 286 Å². The van der Waals surface area contributed by atoms with Crippen LogP contribution in [0.5, 0.6) is 0 Å². The van der Waals surface area contributed by atoms with Gasteiger partial charge in [0.25, 0.3) is 0 Å². The topological polar surface area (TPSA) is 409 Å². The van der Waals surface area contributed by atoms with E-state index in [4.69, 9.17) is 55.1 Å². The number of nitrogens with two attached hydrogens (primary N) is 3. The number of aliphatic hydroxyl groups excluding tert-OH is 4. The highest BCUT2D eigenvalue weighted by Crippen LogP contribution is 2.64. The van der Waals surface area contributed by atoms with Crippen molar-refractivity contribution in [2.24, 2.45) is 33.4 Å². The lowest BCUT2D eigenvalue weighted by atomic mass is 9.51. The molecule has 0 bridgehead atoms. The summed E-state index contributed by atoms with van der Waals surface area (Å²) >= 11 is 0. The quantitative estimate of drug-likeness (QED) is 0.0397. The van der Waals surface area contributed by atoms with E-state index in [-0.39, 0.29) is 49.6 Å². The van der Waals surface area contributed by atoms with Crippen LogP contribution in [0.1, 0.15) is 185 Å². The highest BCUT2D eigenvalue weighted by atomic mass is 16.7.